The molecule has 3 nitrogen and oxygen atoms in total. The molecule has 0 amide bonds. The summed E-state index contributed by atoms with van der Waals surface area (Å²) in [5.41, 5.74) is 0.705. The van der Waals surface area contributed by atoms with Gasteiger partial charge in [-0.2, -0.15) is 0 Å². The average molecular weight is 206 g/mol. The standard InChI is InChI=1S/C10H10N2OS/c1-8-11-5-10(14-8)6-12-4-2-3-9(12)7-13/h2-5,7H,6H2,1H3. The van der Waals surface area contributed by atoms with Crippen molar-refractivity contribution < 1.29 is 4.79 Å². The first-order valence-electron chi connectivity index (χ1n) is 4.31. The normalized spacial score (nSPS) is 10.4. The molecule has 2 aromatic heterocycles. The average Bonchev–Trinajstić information content (AvgIpc) is 2.76. The van der Waals surface area contributed by atoms with Crippen LogP contribution in [0.25, 0.3) is 0 Å². The second-order valence-electron chi connectivity index (χ2n) is 3.02. The molecule has 0 bridgehead atoms. The Morgan fingerprint density at radius 2 is 2.50 bits per heavy atom. The van der Waals surface area contributed by atoms with E-state index in [1.165, 1.54) is 4.88 Å². The zero-order valence-electron chi connectivity index (χ0n) is 7.80. The molecule has 0 aliphatic carbocycles. The molecular weight excluding hydrogens is 196 g/mol. The van der Waals surface area contributed by atoms with Crippen LogP contribution in [0.2, 0.25) is 0 Å². The van der Waals surface area contributed by atoms with E-state index in [-0.39, 0.29) is 0 Å². The van der Waals surface area contributed by atoms with Crippen LogP contribution >= 0.6 is 11.3 Å². The highest BCUT2D eigenvalue weighted by atomic mass is 32.1. The van der Waals surface area contributed by atoms with E-state index in [2.05, 4.69) is 4.98 Å². The first kappa shape index (κ1) is 9.15. The van der Waals surface area contributed by atoms with Crippen molar-refractivity contribution in [3.8, 4) is 0 Å². The summed E-state index contributed by atoms with van der Waals surface area (Å²) in [6.07, 6.45) is 4.63. The minimum atomic E-state index is 0.705. The van der Waals surface area contributed by atoms with Crippen LogP contribution in [0.15, 0.2) is 24.5 Å². The second kappa shape index (κ2) is 3.75. The first-order chi connectivity index (χ1) is 6.79. The fourth-order valence-corrected chi connectivity index (χ4v) is 2.12. The zero-order valence-corrected chi connectivity index (χ0v) is 8.62. The van der Waals surface area contributed by atoms with E-state index in [0.717, 1.165) is 17.8 Å². The molecule has 0 aliphatic heterocycles. The van der Waals surface area contributed by atoms with E-state index in [1.54, 1.807) is 17.4 Å². The number of carbonyl (C=O) groups excluding carboxylic acids is 1. The summed E-state index contributed by atoms with van der Waals surface area (Å²) in [5.74, 6) is 0. The Morgan fingerprint density at radius 3 is 3.14 bits per heavy atom. The topological polar surface area (TPSA) is 34.9 Å². The van der Waals surface area contributed by atoms with Crippen LogP contribution in [0.4, 0.5) is 0 Å². The molecule has 2 heterocycles. The van der Waals surface area contributed by atoms with Crippen molar-refractivity contribution in [2.24, 2.45) is 0 Å². The monoisotopic (exact) mass is 206 g/mol. The summed E-state index contributed by atoms with van der Waals surface area (Å²) in [7, 11) is 0. The molecule has 0 unspecified atom stereocenters. The highest BCUT2D eigenvalue weighted by Crippen LogP contribution is 2.14. The number of rotatable bonds is 3. The fourth-order valence-electron chi connectivity index (χ4n) is 1.32. The smallest absolute Gasteiger partial charge is 0.166 e. The lowest BCUT2D eigenvalue weighted by molar-refractivity contribution is 0.111. The third-order valence-electron chi connectivity index (χ3n) is 1.98. The third kappa shape index (κ3) is 1.75. The first-order valence-corrected chi connectivity index (χ1v) is 5.13. The van der Waals surface area contributed by atoms with Crippen molar-refractivity contribution in [2.45, 2.75) is 13.5 Å². The minimum Gasteiger partial charge on any atom is -0.340 e. The fraction of sp³-hybridized carbons (Fsp3) is 0.200. The summed E-state index contributed by atoms with van der Waals surface area (Å²) in [6.45, 7) is 2.71. The summed E-state index contributed by atoms with van der Waals surface area (Å²) < 4.78 is 1.92. The molecule has 0 radical (unpaired) electrons. The largest absolute Gasteiger partial charge is 0.340 e. The van der Waals surface area contributed by atoms with Gasteiger partial charge < -0.3 is 4.57 Å². The molecular formula is C10H10N2OS. The Bertz CT molecular complexity index is 444. The Balaban J connectivity index is 2.22. The van der Waals surface area contributed by atoms with E-state index in [0.29, 0.717) is 5.69 Å². The molecule has 4 heteroatoms. The number of carbonyl (C=O) groups is 1. The minimum absolute atomic E-state index is 0.705. The highest BCUT2D eigenvalue weighted by molar-refractivity contribution is 7.11. The van der Waals surface area contributed by atoms with Gasteiger partial charge in [-0.15, -0.1) is 11.3 Å². The van der Waals surface area contributed by atoms with Crippen LogP contribution in [0.3, 0.4) is 0 Å². The maximum Gasteiger partial charge on any atom is 0.166 e. The van der Waals surface area contributed by atoms with Crippen molar-refractivity contribution >= 4 is 17.6 Å². The van der Waals surface area contributed by atoms with Gasteiger partial charge in [-0.05, 0) is 19.1 Å². The third-order valence-corrected chi connectivity index (χ3v) is 2.88. The van der Waals surface area contributed by atoms with Crippen LogP contribution in [-0.4, -0.2) is 15.8 Å². The lowest BCUT2D eigenvalue weighted by Gasteiger charge is -2.01. The quantitative estimate of drug-likeness (QED) is 0.721. The second-order valence-corrected chi connectivity index (χ2v) is 4.34. The molecule has 0 aromatic carbocycles. The van der Waals surface area contributed by atoms with Gasteiger partial charge in [0.2, 0.25) is 0 Å². The van der Waals surface area contributed by atoms with Gasteiger partial charge in [0.1, 0.15) is 0 Å². The van der Waals surface area contributed by atoms with Gasteiger partial charge >= 0.3 is 0 Å². The molecule has 0 atom stereocenters. The number of nitrogens with zero attached hydrogens (tertiary/aromatic N) is 2. The van der Waals surface area contributed by atoms with Gasteiger partial charge in [0.15, 0.2) is 6.29 Å². The lowest BCUT2D eigenvalue weighted by Crippen LogP contribution is -2.00. The van der Waals surface area contributed by atoms with E-state index in [4.69, 9.17) is 0 Å². The molecule has 72 valence electrons. The van der Waals surface area contributed by atoms with Gasteiger partial charge in [-0.1, -0.05) is 0 Å². The number of aromatic nitrogens is 2. The molecule has 14 heavy (non-hydrogen) atoms. The van der Waals surface area contributed by atoms with Gasteiger partial charge in [-0.25, -0.2) is 4.98 Å². The van der Waals surface area contributed by atoms with Crippen molar-refractivity contribution in [3.05, 3.63) is 40.1 Å². The Labute approximate surface area is 86.0 Å². The molecule has 0 aliphatic rings. The summed E-state index contributed by atoms with van der Waals surface area (Å²) in [4.78, 5) is 16.0. The van der Waals surface area contributed by atoms with Crippen molar-refractivity contribution in [1.29, 1.82) is 0 Å². The molecule has 2 rings (SSSR count). The number of aryl methyl sites for hydroxylation is 1. The van der Waals surface area contributed by atoms with Crippen LogP contribution in [-0.2, 0) is 6.54 Å². The molecule has 0 spiro atoms. The number of hydrogen-bond acceptors (Lipinski definition) is 3. The SMILES string of the molecule is Cc1ncc(Cn2cccc2C=O)s1. The summed E-state index contributed by atoms with van der Waals surface area (Å²) >= 11 is 1.66. The molecule has 0 saturated carbocycles. The summed E-state index contributed by atoms with van der Waals surface area (Å²) in [5, 5.41) is 1.06. The number of aldehydes is 1. The summed E-state index contributed by atoms with van der Waals surface area (Å²) in [6, 6.07) is 3.68. The zero-order chi connectivity index (χ0) is 9.97. The Morgan fingerprint density at radius 1 is 1.64 bits per heavy atom. The number of thiazole rings is 1. The van der Waals surface area contributed by atoms with E-state index in [9.17, 15) is 4.79 Å². The van der Waals surface area contributed by atoms with Crippen LogP contribution in [0, 0.1) is 6.92 Å². The maximum absolute atomic E-state index is 10.7. The van der Waals surface area contributed by atoms with Gasteiger partial charge in [0.05, 0.1) is 17.2 Å². The van der Waals surface area contributed by atoms with Crippen LogP contribution in [0.1, 0.15) is 20.4 Å². The van der Waals surface area contributed by atoms with Crippen LogP contribution < -0.4 is 0 Å². The maximum atomic E-state index is 10.7. The van der Waals surface area contributed by atoms with Gasteiger partial charge in [0, 0.05) is 17.3 Å². The van der Waals surface area contributed by atoms with E-state index >= 15 is 0 Å². The molecule has 2 aromatic rings. The Kier molecular flexibility index (Phi) is 2.45. The highest BCUT2D eigenvalue weighted by Gasteiger charge is 2.02. The van der Waals surface area contributed by atoms with Crippen molar-refractivity contribution in [2.75, 3.05) is 0 Å². The van der Waals surface area contributed by atoms with E-state index < -0.39 is 0 Å². The lowest BCUT2D eigenvalue weighted by atomic mass is 10.4. The van der Waals surface area contributed by atoms with Crippen molar-refractivity contribution in [1.82, 2.24) is 9.55 Å². The molecule has 0 N–H and O–H groups in total. The van der Waals surface area contributed by atoms with Crippen molar-refractivity contribution in [3.63, 3.8) is 0 Å². The predicted molar refractivity (Wildman–Crippen MR) is 55.8 cm³/mol. The van der Waals surface area contributed by atoms with E-state index in [1.807, 2.05) is 30.0 Å². The van der Waals surface area contributed by atoms with Gasteiger partial charge in [-0.3, -0.25) is 4.79 Å². The van der Waals surface area contributed by atoms with Gasteiger partial charge in [0.25, 0.3) is 0 Å². The van der Waals surface area contributed by atoms with Crippen LogP contribution in [0.5, 0.6) is 0 Å². The predicted octanol–water partition coefficient (Wildman–Crippen LogP) is 2.11. The molecule has 0 fully saturated rings. The molecule has 0 saturated heterocycles. The Hall–Kier alpha value is -1.42. The number of hydrogen-bond donors (Lipinski definition) is 0.